The molecule has 1 aliphatic rings. The van der Waals surface area contributed by atoms with Crippen LogP contribution in [0.2, 0.25) is 0 Å². The SMILES string of the molecule is CCCCCCCCCCC[C@H](O)[C@H](Br)[C@@H]1OC(=O)[C@H]1CCCCCC. The van der Waals surface area contributed by atoms with E-state index >= 15 is 0 Å². The number of ether oxygens (including phenoxy) is 1. The molecule has 1 aliphatic heterocycles. The first-order valence-electron chi connectivity index (χ1n) is 11.1. The lowest BCUT2D eigenvalue weighted by Gasteiger charge is -2.39. The van der Waals surface area contributed by atoms with Crippen molar-refractivity contribution in [2.45, 2.75) is 127 Å². The van der Waals surface area contributed by atoms with Crippen molar-refractivity contribution in [3.8, 4) is 0 Å². The number of alkyl halides is 1. The number of carbonyl (C=O) groups is 1. The van der Waals surface area contributed by atoms with Gasteiger partial charge < -0.3 is 9.84 Å². The Morgan fingerprint density at radius 3 is 1.92 bits per heavy atom. The summed E-state index contributed by atoms with van der Waals surface area (Å²) in [4.78, 5) is 11.6. The summed E-state index contributed by atoms with van der Waals surface area (Å²) in [5.74, 6) is -0.0970. The Morgan fingerprint density at radius 2 is 1.38 bits per heavy atom. The third kappa shape index (κ3) is 9.21. The minimum absolute atomic E-state index is 0.0194. The maximum Gasteiger partial charge on any atom is 0.313 e. The van der Waals surface area contributed by atoms with E-state index in [1.807, 2.05) is 0 Å². The highest BCUT2D eigenvalue weighted by Crippen LogP contribution is 2.35. The zero-order chi connectivity index (χ0) is 19.2. The van der Waals surface area contributed by atoms with Gasteiger partial charge in [-0.25, -0.2) is 0 Å². The molecule has 1 heterocycles. The van der Waals surface area contributed by atoms with Gasteiger partial charge in [-0.05, 0) is 12.8 Å². The molecule has 1 N–H and O–H groups in total. The van der Waals surface area contributed by atoms with Crippen LogP contribution in [0, 0.1) is 5.92 Å². The molecular weight excluding hydrogens is 392 g/mol. The van der Waals surface area contributed by atoms with Crippen LogP contribution in [0.1, 0.15) is 110 Å². The number of hydrogen-bond donors (Lipinski definition) is 1. The van der Waals surface area contributed by atoms with E-state index in [2.05, 4.69) is 29.8 Å². The van der Waals surface area contributed by atoms with E-state index in [9.17, 15) is 9.90 Å². The fraction of sp³-hybridized carbons (Fsp3) is 0.955. The van der Waals surface area contributed by atoms with Gasteiger partial charge in [-0.3, -0.25) is 4.79 Å². The molecule has 0 aromatic heterocycles. The summed E-state index contributed by atoms with van der Waals surface area (Å²) in [6.45, 7) is 4.44. The fourth-order valence-electron chi connectivity index (χ4n) is 3.77. The first-order chi connectivity index (χ1) is 12.6. The second kappa shape index (κ2) is 14.9. The Morgan fingerprint density at radius 1 is 0.885 bits per heavy atom. The largest absolute Gasteiger partial charge is 0.460 e. The van der Waals surface area contributed by atoms with Crippen LogP contribution in [0.25, 0.3) is 0 Å². The molecule has 4 atom stereocenters. The van der Waals surface area contributed by atoms with Gasteiger partial charge >= 0.3 is 5.97 Å². The second-order valence-electron chi connectivity index (χ2n) is 7.99. The molecule has 1 saturated heterocycles. The number of hydrogen-bond acceptors (Lipinski definition) is 3. The van der Waals surface area contributed by atoms with E-state index < -0.39 is 6.10 Å². The summed E-state index contributed by atoms with van der Waals surface area (Å²) >= 11 is 3.60. The van der Waals surface area contributed by atoms with Crippen LogP contribution in [0.15, 0.2) is 0 Å². The quantitative estimate of drug-likeness (QED) is 0.161. The Kier molecular flexibility index (Phi) is 13.7. The Bertz CT molecular complexity index is 361. The number of aliphatic hydroxyl groups is 1. The van der Waals surface area contributed by atoms with Gasteiger partial charge in [0.1, 0.15) is 6.10 Å². The summed E-state index contributed by atoms with van der Waals surface area (Å²) < 4.78 is 5.34. The van der Waals surface area contributed by atoms with Crippen molar-refractivity contribution in [3.05, 3.63) is 0 Å². The van der Waals surface area contributed by atoms with E-state index in [0.717, 1.165) is 25.7 Å². The molecule has 3 nitrogen and oxygen atoms in total. The Balaban J connectivity index is 2.10. The third-order valence-corrected chi connectivity index (χ3v) is 6.74. The van der Waals surface area contributed by atoms with Gasteiger partial charge in [0.05, 0.1) is 16.8 Å². The molecule has 0 spiro atoms. The van der Waals surface area contributed by atoms with Crippen molar-refractivity contribution in [3.63, 3.8) is 0 Å². The van der Waals surface area contributed by atoms with Crippen molar-refractivity contribution in [1.82, 2.24) is 0 Å². The normalized spacial score (nSPS) is 21.9. The van der Waals surface area contributed by atoms with Crippen molar-refractivity contribution in [2.75, 3.05) is 0 Å². The van der Waals surface area contributed by atoms with Crippen LogP contribution in [-0.2, 0) is 9.53 Å². The van der Waals surface area contributed by atoms with E-state index in [-0.39, 0.29) is 22.8 Å². The first kappa shape index (κ1) is 23.9. The van der Waals surface area contributed by atoms with Gasteiger partial charge in [-0.1, -0.05) is 113 Å². The molecule has 1 rings (SSSR count). The maximum atomic E-state index is 11.7. The smallest absolute Gasteiger partial charge is 0.313 e. The van der Waals surface area contributed by atoms with Crippen LogP contribution in [0.3, 0.4) is 0 Å². The van der Waals surface area contributed by atoms with Crippen molar-refractivity contribution in [1.29, 1.82) is 0 Å². The molecule has 0 aromatic rings. The number of rotatable bonds is 17. The zero-order valence-corrected chi connectivity index (χ0v) is 18.6. The summed E-state index contributed by atoms with van der Waals surface area (Å²) in [6.07, 6.45) is 17.4. The third-order valence-electron chi connectivity index (χ3n) is 5.61. The predicted octanol–water partition coefficient (Wildman–Crippen LogP) is 6.54. The molecule has 0 amide bonds. The maximum absolute atomic E-state index is 11.7. The average Bonchev–Trinajstić information content (AvgIpc) is 2.63. The van der Waals surface area contributed by atoms with Crippen LogP contribution >= 0.6 is 15.9 Å². The lowest BCUT2D eigenvalue weighted by Crippen LogP contribution is -2.53. The van der Waals surface area contributed by atoms with Gasteiger partial charge in [0, 0.05) is 0 Å². The number of unbranched alkanes of at least 4 members (excludes halogenated alkanes) is 11. The lowest BCUT2D eigenvalue weighted by molar-refractivity contribution is -0.187. The topological polar surface area (TPSA) is 46.5 Å². The van der Waals surface area contributed by atoms with Crippen LogP contribution in [0.4, 0.5) is 0 Å². The van der Waals surface area contributed by atoms with E-state index in [1.54, 1.807) is 0 Å². The van der Waals surface area contributed by atoms with Crippen LogP contribution < -0.4 is 0 Å². The van der Waals surface area contributed by atoms with E-state index in [0.29, 0.717) is 0 Å². The number of carbonyl (C=O) groups excluding carboxylic acids is 1. The molecule has 154 valence electrons. The average molecular weight is 433 g/mol. The van der Waals surface area contributed by atoms with Gasteiger partial charge in [0.2, 0.25) is 0 Å². The van der Waals surface area contributed by atoms with Crippen molar-refractivity contribution in [2.24, 2.45) is 5.92 Å². The summed E-state index contributed by atoms with van der Waals surface area (Å²) in [7, 11) is 0. The fourth-order valence-corrected chi connectivity index (χ4v) is 4.51. The number of halogens is 1. The predicted molar refractivity (Wildman–Crippen MR) is 113 cm³/mol. The van der Waals surface area contributed by atoms with E-state index in [1.165, 1.54) is 70.6 Å². The summed E-state index contributed by atoms with van der Waals surface area (Å²) in [5, 5.41) is 10.4. The zero-order valence-electron chi connectivity index (χ0n) is 17.1. The monoisotopic (exact) mass is 432 g/mol. The molecule has 1 fully saturated rings. The minimum Gasteiger partial charge on any atom is -0.460 e. The summed E-state index contributed by atoms with van der Waals surface area (Å²) in [5.41, 5.74) is 0. The minimum atomic E-state index is -0.421. The van der Waals surface area contributed by atoms with Crippen LogP contribution in [0.5, 0.6) is 0 Å². The lowest BCUT2D eigenvalue weighted by atomic mass is 9.86. The Hall–Kier alpha value is -0.0900. The van der Waals surface area contributed by atoms with Gasteiger partial charge in [-0.2, -0.15) is 0 Å². The molecule has 0 bridgehead atoms. The molecular formula is C22H41BrO3. The first-order valence-corrected chi connectivity index (χ1v) is 12.1. The standard InChI is InChI=1S/C22H41BrO3/c1-3-5-7-9-10-11-12-13-15-17-19(24)20(23)21-18(22(25)26-21)16-14-8-6-4-2/h18-21,24H,3-17H2,1-2H3/t18-,19-,20-,21+/m0/s1. The second-order valence-corrected chi connectivity index (χ2v) is 9.04. The number of cyclic esters (lactones) is 1. The summed E-state index contributed by atoms with van der Waals surface area (Å²) in [6, 6.07) is 0. The highest BCUT2D eigenvalue weighted by Gasteiger charge is 2.47. The number of esters is 1. The molecule has 0 saturated carbocycles. The molecule has 26 heavy (non-hydrogen) atoms. The van der Waals surface area contributed by atoms with E-state index in [4.69, 9.17) is 4.74 Å². The van der Waals surface area contributed by atoms with Gasteiger partial charge in [0.25, 0.3) is 0 Å². The molecule has 0 aromatic carbocycles. The number of aliphatic hydroxyl groups excluding tert-OH is 1. The van der Waals surface area contributed by atoms with Crippen molar-refractivity contribution < 1.29 is 14.6 Å². The molecule has 0 unspecified atom stereocenters. The highest BCUT2D eigenvalue weighted by atomic mass is 79.9. The van der Waals surface area contributed by atoms with Gasteiger partial charge in [0.15, 0.2) is 0 Å². The Labute approximate surface area is 169 Å². The molecule has 0 aliphatic carbocycles. The highest BCUT2D eigenvalue weighted by molar-refractivity contribution is 9.09. The van der Waals surface area contributed by atoms with Crippen LogP contribution in [-0.4, -0.2) is 28.1 Å². The van der Waals surface area contributed by atoms with Crippen molar-refractivity contribution >= 4 is 21.9 Å². The molecule has 4 heteroatoms. The van der Waals surface area contributed by atoms with Gasteiger partial charge in [-0.15, -0.1) is 0 Å². The molecule has 0 radical (unpaired) electrons.